The van der Waals surface area contributed by atoms with Crippen LogP contribution in [-0.4, -0.2) is 11.4 Å². The van der Waals surface area contributed by atoms with Crippen molar-refractivity contribution in [3.8, 4) is 0 Å². The second kappa shape index (κ2) is 13.4. The molecule has 0 aliphatic rings. The van der Waals surface area contributed by atoms with Crippen molar-refractivity contribution in [3.05, 3.63) is 83.9 Å². The third-order valence-corrected chi connectivity index (χ3v) is 4.75. The molecule has 2 aromatic rings. The molecule has 26 heavy (non-hydrogen) atoms. The van der Waals surface area contributed by atoms with E-state index < -0.39 is 0 Å². The maximum Gasteiger partial charge on any atom is 0.0237 e. The van der Waals surface area contributed by atoms with Crippen LogP contribution in [-0.2, 0) is 13.1 Å². The van der Waals surface area contributed by atoms with Gasteiger partial charge < -0.3 is 0 Å². The highest BCUT2D eigenvalue weighted by molar-refractivity contribution is 5.17. The van der Waals surface area contributed by atoms with E-state index in [1.807, 2.05) is 0 Å². The maximum atomic E-state index is 2.59. The predicted molar refractivity (Wildman–Crippen MR) is 114 cm³/mol. The maximum absolute atomic E-state index is 2.59. The molecule has 0 bridgehead atoms. The summed E-state index contributed by atoms with van der Waals surface area (Å²) in [5.74, 6) is 0. The van der Waals surface area contributed by atoms with Crippen molar-refractivity contribution < 1.29 is 0 Å². The molecule has 0 aliphatic heterocycles. The first kappa shape index (κ1) is 20.5. The quantitative estimate of drug-likeness (QED) is 0.278. The Labute approximate surface area is 160 Å². The Morgan fingerprint density at radius 1 is 0.654 bits per heavy atom. The SMILES string of the molecule is CC/C=C/CCCCCCCN(Cc1ccccc1)Cc1ccccc1. The Balaban J connectivity index is 1.72. The van der Waals surface area contributed by atoms with Gasteiger partial charge in [0, 0.05) is 13.1 Å². The monoisotopic (exact) mass is 349 g/mol. The van der Waals surface area contributed by atoms with E-state index in [2.05, 4.69) is 84.6 Å². The van der Waals surface area contributed by atoms with Crippen LogP contribution in [0, 0.1) is 0 Å². The smallest absolute Gasteiger partial charge is 0.0237 e. The molecule has 140 valence electrons. The van der Waals surface area contributed by atoms with Gasteiger partial charge in [0.2, 0.25) is 0 Å². The standard InChI is InChI=1S/C25H35N/c1-2-3-4-5-6-7-8-9-16-21-26(22-24-17-12-10-13-18-24)23-25-19-14-11-15-20-25/h3-4,10-15,17-20H,2,5-9,16,21-23H2,1H3/b4-3+. The van der Waals surface area contributed by atoms with Gasteiger partial charge in [-0.1, -0.05) is 99.0 Å². The normalized spacial score (nSPS) is 11.5. The Kier molecular flexibility index (Phi) is 10.5. The minimum absolute atomic E-state index is 1.04. The van der Waals surface area contributed by atoms with Crippen molar-refractivity contribution in [1.29, 1.82) is 0 Å². The molecule has 0 saturated carbocycles. The molecule has 0 aliphatic carbocycles. The molecule has 0 atom stereocenters. The summed E-state index contributed by atoms with van der Waals surface area (Å²) in [7, 11) is 0. The van der Waals surface area contributed by atoms with Gasteiger partial charge in [-0.05, 0) is 43.4 Å². The number of allylic oxidation sites excluding steroid dienone is 2. The second-order valence-corrected chi connectivity index (χ2v) is 7.12. The zero-order valence-electron chi connectivity index (χ0n) is 16.4. The highest BCUT2D eigenvalue weighted by Gasteiger charge is 2.07. The van der Waals surface area contributed by atoms with Crippen molar-refractivity contribution in [2.24, 2.45) is 0 Å². The van der Waals surface area contributed by atoms with Gasteiger partial charge in [0.25, 0.3) is 0 Å². The number of rotatable bonds is 13. The van der Waals surface area contributed by atoms with Gasteiger partial charge in [-0.3, -0.25) is 4.90 Å². The lowest BCUT2D eigenvalue weighted by Crippen LogP contribution is -2.24. The highest BCUT2D eigenvalue weighted by atomic mass is 15.1. The molecular formula is C25H35N. The van der Waals surface area contributed by atoms with Gasteiger partial charge >= 0.3 is 0 Å². The van der Waals surface area contributed by atoms with Crippen LogP contribution in [0.4, 0.5) is 0 Å². The van der Waals surface area contributed by atoms with Gasteiger partial charge in [0.1, 0.15) is 0 Å². The second-order valence-electron chi connectivity index (χ2n) is 7.12. The average Bonchev–Trinajstić information content (AvgIpc) is 2.68. The summed E-state index contributed by atoms with van der Waals surface area (Å²) >= 11 is 0. The molecule has 2 aromatic carbocycles. The van der Waals surface area contributed by atoms with Crippen molar-refractivity contribution in [1.82, 2.24) is 4.90 Å². The van der Waals surface area contributed by atoms with E-state index in [1.54, 1.807) is 0 Å². The summed E-state index contributed by atoms with van der Waals surface area (Å²) in [6, 6.07) is 21.7. The van der Waals surface area contributed by atoms with E-state index in [-0.39, 0.29) is 0 Å². The summed E-state index contributed by atoms with van der Waals surface area (Å²) in [6.07, 6.45) is 13.7. The molecule has 0 radical (unpaired) electrons. The minimum Gasteiger partial charge on any atom is -0.295 e. The van der Waals surface area contributed by atoms with E-state index in [9.17, 15) is 0 Å². The fourth-order valence-electron chi connectivity index (χ4n) is 3.31. The van der Waals surface area contributed by atoms with Crippen LogP contribution < -0.4 is 0 Å². The van der Waals surface area contributed by atoms with Gasteiger partial charge in [-0.2, -0.15) is 0 Å². The largest absolute Gasteiger partial charge is 0.295 e. The van der Waals surface area contributed by atoms with Crippen LogP contribution in [0.25, 0.3) is 0 Å². The minimum atomic E-state index is 1.04. The number of hydrogen-bond acceptors (Lipinski definition) is 1. The van der Waals surface area contributed by atoms with E-state index in [0.29, 0.717) is 0 Å². The number of hydrogen-bond donors (Lipinski definition) is 0. The Hall–Kier alpha value is -1.86. The molecule has 1 heteroatoms. The predicted octanol–water partition coefficient (Wildman–Crippen LogP) is 7.00. The fraction of sp³-hybridized carbons (Fsp3) is 0.440. The third-order valence-electron chi connectivity index (χ3n) is 4.75. The first-order valence-corrected chi connectivity index (χ1v) is 10.3. The summed E-state index contributed by atoms with van der Waals surface area (Å²) in [5.41, 5.74) is 2.82. The molecule has 0 fully saturated rings. The van der Waals surface area contributed by atoms with Crippen molar-refractivity contribution in [2.75, 3.05) is 6.54 Å². The van der Waals surface area contributed by atoms with E-state index in [0.717, 1.165) is 13.1 Å². The van der Waals surface area contributed by atoms with E-state index >= 15 is 0 Å². The number of benzene rings is 2. The fourth-order valence-corrected chi connectivity index (χ4v) is 3.31. The molecule has 1 nitrogen and oxygen atoms in total. The Bertz CT molecular complexity index is 547. The van der Waals surface area contributed by atoms with Crippen LogP contribution in [0.15, 0.2) is 72.8 Å². The molecule has 0 spiro atoms. The first-order valence-electron chi connectivity index (χ1n) is 10.3. The topological polar surface area (TPSA) is 3.24 Å². The molecule has 2 rings (SSSR count). The van der Waals surface area contributed by atoms with Crippen molar-refractivity contribution >= 4 is 0 Å². The van der Waals surface area contributed by atoms with E-state index in [1.165, 1.54) is 62.6 Å². The van der Waals surface area contributed by atoms with Gasteiger partial charge in [0.05, 0.1) is 0 Å². The molecular weight excluding hydrogens is 314 g/mol. The zero-order valence-corrected chi connectivity index (χ0v) is 16.4. The van der Waals surface area contributed by atoms with Gasteiger partial charge in [-0.15, -0.1) is 0 Å². The molecule has 0 amide bonds. The summed E-state index contributed by atoms with van der Waals surface area (Å²) in [5, 5.41) is 0. The molecule has 0 aromatic heterocycles. The lowest BCUT2D eigenvalue weighted by molar-refractivity contribution is 0.250. The summed E-state index contributed by atoms with van der Waals surface area (Å²) in [4.78, 5) is 2.59. The number of nitrogens with zero attached hydrogens (tertiary/aromatic N) is 1. The van der Waals surface area contributed by atoms with Crippen LogP contribution in [0.1, 0.15) is 63.0 Å². The van der Waals surface area contributed by atoms with Crippen molar-refractivity contribution in [3.63, 3.8) is 0 Å². The van der Waals surface area contributed by atoms with Gasteiger partial charge in [0.15, 0.2) is 0 Å². The lowest BCUT2D eigenvalue weighted by atomic mass is 10.1. The average molecular weight is 350 g/mol. The first-order chi connectivity index (χ1) is 12.9. The zero-order chi connectivity index (χ0) is 18.3. The van der Waals surface area contributed by atoms with Crippen LogP contribution in [0.5, 0.6) is 0 Å². The summed E-state index contributed by atoms with van der Waals surface area (Å²) in [6.45, 7) is 5.46. The summed E-state index contributed by atoms with van der Waals surface area (Å²) < 4.78 is 0. The molecule has 0 unspecified atom stereocenters. The molecule has 0 N–H and O–H groups in total. The van der Waals surface area contributed by atoms with Crippen LogP contribution in [0.3, 0.4) is 0 Å². The third kappa shape index (κ3) is 9.01. The lowest BCUT2D eigenvalue weighted by Gasteiger charge is -2.22. The molecule has 0 heterocycles. The van der Waals surface area contributed by atoms with Crippen molar-refractivity contribution in [2.45, 2.75) is 65.0 Å². The molecule has 0 saturated heterocycles. The van der Waals surface area contributed by atoms with Crippen LogP contribution in [0.2, 0.25) is 0 Å². The van der Waals surface area contributed by atoms with E-state index in [4.69, 9.17) is 0 Å². The van der Waals surface area contributed by atoms with Crippen LogP contribution >= 0.6 is 0 Å². The highest BCUT2D eigenvalue weighted by Crippen LogP contribution is 2.13. The van der Waals surface area contributed by atoms with Gasteiger partial charge in [-0.25, -0.2) is 0 Å². The Morgan fingerprint density at radius 2 is 1.19 bits per heavy atom. The number of unbranched alkanes of at least 4 members (excludes halogenated alkanes) is 5. The Morgan fingerprint density at radius 3 is 1.77 bits per heavy atom.